The van der Waals surface area contributed by atoms with Crippen molar-refractivity contribution >= 4 is 23.1 Å². The molecule has 0 saturated carbocycles. The Morgan fingerprint density at radius 2 is 2.57 bits per heavy atom. The summed E-state index contributed by atoms with van der Waals surface area (Å²) in [7, 11) is 0. The molecule has 2 heterocycles. The first kappa shape index (κ1) is 10.3. The van der Waals surface area contributed by atoms with Crippen LogP contribution in [0.25, 0.3) is 0 Å². The Balaban J connectivity index is 1.69. The zero-order valence-electron chi connectivity index (χ0n) is 7.91. The monoisotopic (exact) mass is 230 g/mol. The topological polar surface area (TPSA) is 44.9 Å². The molecular weight excluding hydrogens is 216 g/mol. The Bertz CT molecular complexity index is 328. The second-order valence-electron chi connectivity index (χ2n) is 3.53. The summed E-state index contributed by atoms with van der Waals surface area (Å²) in [4.78, 5) is 13.7. The van der Waals surface area contributed by atoms with E-state index in [2.05, 4.69) is 10.3 Å². The standard InChI is InChI=1S/C9H14N2OS2/c12-9-11-8(6-14-9)4-10-3-7-1-2-13-5-7/h6-7,10H,1-5H2,(H,11,12). The average molecular weight is 230 g/mol. The molecule has 0 bridgehead atoms. The van der Waals surface area contributed by atoms with Crippen LogP contribution in [0.4, 0.5) is 0 Å². The third-order valence-corrected chi connectivity index (χ3v) is 4.29. The van der Waals surface area contributed by atoms with Crippen molar-refractivity contribution in [1.82, 2.24) is 10.3 Å². The van der Waals surface area contributed by atoms with Gasteiger partial charge in [0.1, 0.15) is 0 Å². The van der Waals surface area contributed by atoms with Gasteiger partial charge in [-0.1, -0.05) is 11.3 Å². The van der Waals surface area contributed by atoms with Gasteiger partial charge in [0.05, 0.1) is 0 Å². The molecule has 1 aliphatic heterocycles. The van der Waals surface area contributed by atoms with Gasteiger partial charge in [0, 0.05) is 17.6 Å². The largest absolute Gasteiger partial charge is 0.315 e. The lowest BCUT2D eigenvalue weighted by molar-refractivity contribution is 0.520. The Morgan fingerprint density at radius 1 is 1.64 bits per heavy atom. The SMILES string of the molecule is O=c1[nH]c(CNCC2CCSC2)cs1. The van der Waals surface area contributed by atoms with Gasteiger partial charge in [-0.25, -0.2) is 0 Å². The van der Waals surface area contributed by atoms with Crippen molar-refractivity contribution in [2.75, 3.05) is 18.1 Å². The summed E-state index contributed by atoms with van der Waals surface area (Å²) in [6.07, 6.45) is 1.33. The third kappa shape index (κ3) is 2.87. The lowest BCUT2D eigenvalue weighted by Gasteiger charge is -2.08. The van der Waals surface area contributed by atoms with Gasteiger partial charge in [0.25, 0.3) is 0 Å². The van der Waals surface area contributed by atoms with Crippen LogP contribution in [-0.2, 0) is 6.54 Å². The molecule has 0 radical (unpaired) electrons. The second-order valence-corrected chi connectivity index (χ2v) is 5.53. The molecule has 0 aromatic carbocycles. The number of H-pyrrole nitrogens is 1. The second kappa shape index (κ2) is 5.00. The number of thiazole rings is 1. The number of hydrogen-bond acceptors (Lipinski definition) is 4. The summed E-state index contributed by atoms with van der Waals surface area (Å²) in [5.41, 5.74) is 1.01. The Labute approximate surface area is 91.3 Å². The molecule has 0 amide bonds. The van der Waals surface area contributed by atoms with E-state index in [0.717, 1.165) is 24.7 Å². The average Bonchev–Trinajstić information content (AvgIpc) is 2.77. The molecule has 2 rings (SSSR count). The van der Waals surface area contributed by atoms with Gasteiger partial charge >= 0.3 is 4.87 Å². The molecule has 3 nitrogen and oxygen atoms in total. The van der Waals surface area contributed by atoms with E-state index in [0.29, 0.717) is 0 Å². The normalized spacial score (nSPS) is 21.6. The number of thioether (sulfide) groups is 1. The minimum atomic E-state index is 0.0400. The van der Waals surface area contributed by atoms with Crippen molar-refractivity contribution in [1.29, 1.82) is 0 Å². The van der Waals surface area contributed by atoms with Crippen molar-refractivity contribution in [2.24, 2.45) is 5.92 Å². The predicted octanol–water partition coefficient (Wildman–Crippen LogP) is 1.28. The van der Waals surface area contributed by atoms with E-state index < -0.39 is 0 Å². The Kier molecular flexibility index (Phi) is 3.67. The zero-order chi connectivity index (χ0) is 9.80. The van der Waals surface area contributed by atoms with E-state index in [4.69, 9.17) is 0 Å². The van der Waals surface area contributed by atoms with Crippen LogP contribution in [0.1, 0.15) is 12.1 Å². The molecule has 1 atom stereocenters. The highest BCUT2D eigenvalue weighted by molar-refractivity contribution is 7.99. The molecule has 1 aromatic heterocycles. The number of hydrogen-bond donors (Lipinski definition) is 2. The van der Waals surface area contributed by atoms with Gasteiger partial charge in [0.2, 0.25) is 0 Å². The van der Waals surface area contributed by atoms with Crippen LogP contribution in [0.5, 0.6) is 0 Å². The quantitative estimate of drug-likeness (QED) is 0.819. The highest BCUT2D eigenvalue weighted by Gasteiger charge is 2.14. The first-order chi connectivity index (χ1) is 6.84. The zero-order valence-corrected chi connectivity index (χ0v) is 9.55. The van der Waals surface area contributed by atoms with Crippen LogP contribution < -0.4 is 10.2 Å². The van der Waals surface area contributed by atoms with Crippen molar-refractivity contribution in [3.05, 3.63) is 20.7 Å². The summed E-state index contributed by atoms with van der Waals surface area (Å²) in [6.45, 7) is 1.87. The van der Waals surface area contributed by atoms with Crippen LogP contribution >= 0.6 is 23.1 Å². The predicted molar refractivity (Wildman–Crippen MR) is 62.1 cm³/mol. The summed E-state index contributed by atoms with van der Waals surface area (Å²) in [5.74, 6) is 3.42. The molecule has 14 heavy (non-hydrogen) atoms. The van der Waals surface area contributed by atoms with Crippen molar-refractivity contribution in [2.45, 2.75) is 13.0 Å². The number of nitrogens with one attached hydrogen (secondary N) is 2. The van der Waals surface area contributed by atoms with Crippen molar-refractivity contribution in [3.63, 3.8) is 0 Å². The molecule has 78 valence electrons. The van der Waals surface area contributed by atoms with E-state index in [1.165, 1.54) is 29.3 Å². The van der Waals surface area contributed by atoms with E-state index in [1.807, 2.05) is 17.1 Å². The van der Waals surface area contributed by atoms with Crippen LogP contribution in [0.2, 0.25) is 0 Å². The molecule has 1 saturated heterocycles. The van der Waals surface area contributed by atoms with Gasteiger partial charge in [-0.05, 0) is 30.4 Å². The molecule has 0 spiro atoms. The number of aromatic nitrogens is 1. The smallest absolute Gasteiger partial charge is 0.304 e. The first-order valence-corrected chi connectivity index (χ1v) is 6.83. The molecule has 2 N–H and O–H groups in total. The van der Waals surface area contributed by atoms with Crippen molar-refractivity contribution in [3.8, 4) is 0 Å². The third-order valence-electron chi connectivity index (χ3n) is 2.34. The summed E-state index contributed by atoms with van der Waals surface area (Å²) in [6, 6.07) is 0. The fourth-order valence-corrected chi connectivity index (χ4v) is 3.42. The summed E-state index contributed by atoms with van der Waals surface area (Å²) < 4.78 is 0. The maximum absolute atomic E-state index is 10.8. The molecule has 1 aliphatic rings. The van der Waals surface area contributed by atoms with Gasteiger partial charge in [-0.2, -0.15) is 11.8 Å². The minimum Gasteiger partial charge on any atom is -0.315 e. The Morgan fingerprint density at radius 3 is 3.21 bits per heavy atom. The van der Waals surface area contributed by atoms with Gasteiger partial charge in [-0.15, -0.1) is 0 Å². The molecular formula is C9H14N2OS2. The summed E-state index contributed by atoms with van der Waals surface area (Å²) in [5, 5.41) is 5.27. The lowest BCUT2D eigenvalue weighted by Crippen LogP contribution is -2.22. The minimum absolute atomic E-state index is 0.0400. The molecule has 1 aromatic rings. The molecule has 0 aliphatic carbocycles. The number of rotatable bonds is 4. The highest BCUT2D eigenvalue weighted by atomic mass is 32.2. The van der Waals surface area contributed by atoms with Gasteiger partial charge < -0.3 is 10.3 Å². The van der Waals surface area contributed by atoms with E-state index in [1.54, 1.807) is 0 Å². The van der Waals surface area contributed by atoms with Crippen LogP contribution in [-0.4, -0.2) is 23.0 Å². The molecule has 1 fully saturated rings. The van der Waals surface area contributed by atoms with Crippen LogP contribution in [0.15, 0.2) is 10.2 Å². The lowest BCUT2D eigenvalue weighted by atomic mass is 10.1. The first-order valence-electron chi connectivity index (χ1n) is 4.80. The molecule has 1 unspecified atom stereocenters. The van der Waals surface area contributed by atoms with E-state index in [-0.39, 0.29) is 4.87 Å². The maximum atomic E-state index is 10.8. The van der Waals surface area contributed by atoms with Gasteiger partial charge in [-0.3, -0.25) is 4.79 Å². The van der Waals surface area contributed by atoms with Crippen LogP contribution in [0, 0.1) is 5.92 Å². The Hall–Kier alpha value is -0.260. The van der Waals surface area contributed by atoms with Crippen LogP contribution in [0.3, 0.4) is 0 Å². The summed E-state index contributed by atoms with van der Waals surface area (Å²) >= 11 is 3.27. The molecule has 5 heteroatoms. The van der Waals surface area contributed by atoms with Crippen molar-refractivity contribution < 1.29 is 0 Å². The maximum Gasteiger partial charge on any atom is 0.304 e. The van der Waals surface area contributed by atoms with E-state index >= 15 is 0 Å². The van der Waals surface area contributed by atoms with E-state index in [9.17, 15) is 4.79 Å². The fraction of sp³-hybridized carbons (Fsp3) is 0.667. The highest BCUT2D eigenvalue weighted by Crippen LogP contribution is 2.22. The van der Waals surface area contributed by atoms with Gasteiger partial charge in [0.15, 0.2) is 0 Å². The number of aromatic amines is 1. The fourth-order valence-electron chi connectivity index (χ4n) is 1.56.